The maximum absolute atomic E-state index is 12.5. The number of thioether (sulfide) groups is 1. The van der Waals surface area contributed by atoms with Crippen LogP contribution in [0.2, 0.25) is 5.02 Å². The van der Waals surface area contributed by atoms with Crippen LogP contribution in [0.15, 0.2) is 78.0 Å². The number of rotatable bonds is 12. The minimum absolute atomic E-state index is 0.0195. The number of ether oxygens (including phenoxy) is 2. The topological polar surface area (TPSA) is 78.3 Å². The first-order valence-corrected chi connectivity index (χ1v) is 13.3. The second-order valence-electron chi connectivity index (χ2n) is 8.30. The Kier molecular flexibility index (Phi) is 9.46. The molecule has 1 aromatic heterocycles. The Bertz CT molecular complexity index is 1340. The molecule has 9 heteroatoms. The Morgan fingerprint density at radius 2 is 1.84 bits per heavy atom. The molecule has 0 radical (unpaired) electrons. The average molecular weight is 537 g/mol. The summed E-state index contributed by atoms with van der Waals surface area (Å²) in [5.74, 6) is 2.98. The van der Waals surface area contributed by atoms with Crippen molar-refractivity contribution in [1.29, 1.82) is 0 Å². The number of amides is 1. The first-order valence-electron chi connectivity index (χ1n) is 11.9. The van der Waals surface area contributed by atoms with E-state index in [1.807, 2.05) is 77.4 Å². The van der Waals surface area contributed by atoms with Gasteiger partial charge in [0.05, 0.1) is 19.9 Å². The largest absolute Gasteiger partial charge is 0.497 e. The van der Waals surface area contributed by atoms with Crippen molar-refractivity contribution in [2.75, 3.05) is 14.2 Å². The molecule has 0 atom stereocenters. The third-order valence-corrected chi connectivity index (χ3v) is 6.98. The highest BCUT2D eigenvalue weighted by molar-refractivity contribution is 7.98. The summed E-state index contributed by atoms with van der Waals surface area (Å²) in [6.45, 7) is 0.424. The standard InChI is InChI=1S/C28H29ClN4O3S/c1-35-24-12-6-11-23(17-24)33-26(31-32-28(33)37-19-20-8-5-10-22(29)16-20)14-7-15-27(34)30-18-21-9-3-4-13-25(21)36-2/h3-6,8-13,16-17H,7,14-15,18-19H2,1-2H3,(H,30,34). The number of carbonyl (C=O) groups excluding carboxylic acids is 1. The number of carbonyl (C=O) groups is 1. The van der Waals surface area contributed by atoms with E-state index >= 15 is 0 Å². The highest BCUT2D eigenvalue weighted by Gasteiger charge is 2.16. The van der Waals surface area contributed by atoms with Crippen molar-refractivity contribution in [3.05, 3.63) is 94.8 Å². The lowest BCUT2D eigenvalue weighted by molar-refractivity contribution is -0.121. The minimum atomic E-state index is -0.0195. The van der Waals surface area contributed by atoms with Crippen LogP contribution in [-0.2, 0) is 23.5 Å². The summed E-state index contributed by atoms with van der Waals surface area (Å²) in [7, 11) is 3.27. The molecular formula is C28H29ClN4O3S. The first-order chi connectivity index (χ1) is 18.1. The SMILES string of the molecule is COc1cccc(-n2c(CCCC(=O)NCc3ccccc3OC)nnc2SCc2cccc(Cl)c2)c1. The molecule has 0 bridgehead atoms. The Morgan fingerprint density at radius 3 is 2.65 bits per heavy atom. The summed E-state index contributed by atoms with van der Waals surface area (Å²) in [5, 5.41) is 13.4. The van der Waals surface area contributed by atoms with Gasteiger partial charge in [-0.3, -0.25) is 9.36 Å². The molecule has 4 rings (SSSR count). The van der Waals surface area contributed by atoms with Gasteiger partial charge in [0.15, 0.2) is 5.16 Å². The van der Waals surface area contributed by atoms with Crippen LogP contribution in [0.25, 0.3) is 5.69 Å². The highest BCUT2D eigenvalue weighted by atomic mass is 35.5. The Hall–Kier alpha value is -3.49. The van der Waals surface area contributed by atoms with Gasteiger partial charge in [0.1, 0.15) is 17.3 Å². The van der Waals surface area contributed by atoms with E-state index in [1.165, 1.54) is 0 Å². The third kappa shape index (κ3) is 7.27. The van der Waals surface area contributed by atoms with Crippen LogP contribution in [0, 0.1) is 0 Å². The monoisotopic (exact) mass is 536 g/mol. The Morgan fingerprint density at radius 1 is 1.00 bits per heavy atom. The maximum Gasteiger partial charge on any atom is 0.220 e. The van der Waals surface area contributed by atoms with Crippen LogP contribution in [0.3, 0.4) is 0 Å². The van der Waals surface area contributed by atoms with Crippen molar-refractivity contribution in [2.24, 2.45) is 0 Å². The van der Waals surface area contributed by atoms with Gasteiger partial charge in [0.2, 0.25) is 5.91 Å². The number of aromatic nitrogens is 3. The van der Waals surface area contributed by atoms with Crippen LogP contribution in [0.4, 0.5) is 0 Å². The van der Waals surface area contributed by atoms with Gasteiger partial charge in [-0.15, -0.1) is 10.2 Å². The quantitative estimate of drug-likeness (QED) is 0.228. The van der Waals surface area contributed by atoms with Gasteiger partial charge in [0.25, 0.3) is 0 Å². The number of para-hydroxylation sites is 1. The normalized spacial score (nSPS) is 10.8. The van der Waals surface area contributed by atoms with Gasteiger partial charge < -0.3 is 14.8 Å². The van der Waals surface area contributed by atoms with Gasteiger partial charge in [-0.25, -0.2) is 0 Å². The van der Waals surface area contributed by atoms with Gasteiger partial charge >= 0.3 is 0 Å². The summed E-state index contributed by atoms with van der Waals surface area (Å²) in [6.07, 6.45) is 1.62. The number of nitrogens with one attached hydrogen (secondary N) is 1. The summed E-state index contributed by atoms with van der Waals surface area (Å²) in [5.41, 5.74) is 2.96. The predicted octanol–water partition coefficient (Wildman–Crippen LogP) is 5.87. The molecule has 0 fully saturated rings. The van der Waals surface area contributed by atoms with E-state index in [9.17, 15) is 4.79 Å². The van der Waals surface area contributed by atoms with Crippen molar-refractivity contribution in [3.8, 4) is 17.2 Å². The highest BCUT2D eigenvalue weighted by Crippen LogP contribution is 2.28. The van der Waals surface area contributed by atoms with Gasteiger partial charge in [-0.2, -0.15) is 0 Å². The van der Waals surface area contributed by atoms with E-state index in [-0.39, 0.29) is 5.91 Å². The van der Waals surface area contributed by atoms with Gasteiger partial charge in [-0.1, -0.05) is 59.8 Å². The number of hydrogen-bond donors (Lipinski definition) is 1. The molecule has 3 aromatic carbocycles. The number of aryl methyl sites for hydroxylation is 1. The fraction of sp³-hybridized carbons (Fsp3) is 0.250. The van der Waals surface area contributed by atoms with Crippen LogP contribution < -0.4 is 14.8 Å². The molecule has 37 heavy (non-hydrogen) atoms. The molecule has 0 aliphatic heterocycles. The molecule has 192 valence electrons. The van der Waals surface area contributed by atoms with Crippen molar-refractivity contribution < 1.29 is 14.3 Å². The van der Waals surface area contributed by atoms with E-state index in [0.29, 0.717) is 36.6 Å². The molecule has 1 heterocycles. The molecule has 0 saturated carbocycles. The zero-order chi connectivity index (χ0) is 26.0. The fourth-order valence-electron chi connectivity index (χ4n) is 3.88. The summed E-state index contributed by atoms with van der Waals surface area (Å²) < 4.78 is 12.8. The lowest BCUT2D eigenvalue weighted by atomic mass is 10.2. The molecule has 1 N–H and O–H groups in total. The smallest absolute Gasteiger partial charge is 0.220 e. The number of nitrogens with zero attached hydrogens (tertiary/aromatic N) is 3. The van der Waals surface area contributed by atoms with Crippen LogP contribution >= 0.6 is 23.4 Å². The number of methoxy groups -OCH3 is 2. The molecule has 0 aliphatic carbocycles. The Balaban J connectivity index is 1.43. The summed E-state index contributed by atoms with van der Waals surface area (Å²) >= 11 is 7.74. The lowest BCUT2D eigenvalue weighted by Gasteiger charge is -2.12. The van der Waals surface area contributed by atoms with E-state index in [0.717, 1.165) is 39.3 Å². The maximum atomic E-state index is 12.5. The molecular weight excluding hydrogens is 508 g/mol. The number of benzene rings is 3. The molecule has 0 unspecified atom stereocenters. The Labute approximate surface area is 226 Å². The van der Waals surface area contributed by atoms with Gasteiger partial charge in [-0.05, 0) is 42.3 Å². The van der Waals surface area contributed by atoms with E-state index in [4.69, 9.17) is 21.1 Å². The zero-order valence-electron chi connectivity index (χ0n) is 20.8. The third-order valence-electron chi connectivity index (χ3n) is 5.74. The molecule has 0 saturated heterocycles. The van der Waals surface area contributed by atoms with Crippen molar-refractivity contribution in [3.63, 3.8) is 0 Å². The average Bonchev–Trinajstić information content (AvgIpc) is 3.33. The number of halogens is 1. The van der Waals surface area contributed by atoms with E-state index < -0.39 is 0 Å². The zero-order valence-corrected chi connectivity index (χ0v) is 22.4. The first kappa shape index (κ1) is 26.6. The number of hydrogen-bond acceptors (Lipinski definition) is 6. The minimum Gasteiger partial charge on any atom is -0.497 e. The van der Waals surface area contributed by atoms with Crippen molar-refractivity contribution >= 4 is 29.3 Å². The van der Waals surface area contributed by atoms with E-state index in [1.54, 1.807) is 26.0 Å². The predicted molar refractivity (Wildman–Crippen MR) is 147 cm³/mol. The second kappa shape index (κ2) is 13.2. The van der Waals surface area contributed by atoms with E-state index in [2.05, 4.69) is 15.5 Å². The second-order valence-corrected chi connectivity index (χ2v) is 9.68. The molecule has 0 aliphatic rings. The van der Waals surface area contributed by atoms with Crippen molar-refractivity contribution in [1.82, 2.24) is 20.1 Å². The van der Waals surface area contributed by atoms with Crippen LogP contribution in [0.1, 0.15) is 29.8 Å². The molecule has 1 amide bonds. The van der Waals surface area contributed by atoms with Crippen LogP contribution in [0.5, 0.6) is 11.5 Å². The molecule has 7 nitrogen and oxygen atoms in total. The summed E-state index contributed by atoms with van der Waals surface area (Å²) in [4.78, 5) is 12.5. The summed E-state index contributed by atoms with van der Waals surface area (Å²) in [6, 6.07) is 23.2. The lowest BCUT2D eigenvalue weighted by Crippen LogP contribution is -2.23. The van der Waals surface area contributed by atoms with Crippen molar-refractivity contribution in [2.45, 2.75) is 36.7 Å². The fourth-order valence-corrected chi connectivity index (χ4v) is 5.00. The molecule has 0 spiro atoms. The van der Waals surface area contributed by atoms with Gasteiger partial charge in [0, 0.05) is 41.8 Å². The molecule has 4 aromatic rings. The van der Waals surface area contributed by atoms with Crippen LogP contribution in [-0.4, -0.2) is 34.9 Å².